The maximum absolute atomic E-state index is 11.7. The van der Waals surface area contributed by atoms with Crippen LogP contribution >= 0.6 is 0 Å². The van der Waals surface area contributed by atoms with Crippen molar-refractivity contribution in [1.82, 2.24) is 5.32 Å². The van der Waals surface area contributed by atoms with E-state index in [2.05, 4.69) is 5.32 Å². The van der Waals surface area contributed by atoms with E-state index in [4.69, 9.17) is 9.84 Å². The molecule has 0 heterocycles. The molecule has 0 radical (unpaired) electrons. The lowest BCUT2D eigenvalue weighted by Crippen LogP contribution is -2.37. The van der Waals surface area contributed by atoms with Crippen molar-refractivity contribution in [2.24, 2.45) is 0 Å². The van der Waals surface area contributed by atoms with Gasteiger partial charge in [0.1, 0.15) is 5.75 Å². The molecule has 1 aromatic rings. The summed E-state index contributed by atoms with van der Waals surface area (Å²) >= 11 is 0. The predicted octanol–water partition coefficient (Wildman–Crippen LogP) is 1.74. The molecule has 1 atom stereocenters. The molecule has 2 rings (SSSR count). The van der Waals surface area contributed by atoms with Gasteiger partial charge in [-0.3, -0.25) is 4.79 Å². The maximum Gasteiger partial charge on any atom is 0.335 e. The predicted molar refractivity (Wildman–Crippen MR) is 69.4 cm³/mol. The summed E-state index contributed by atoms with van der Waals surface area (Å²) in [6.45, 7) is 3.38. The molecule has 0 spiro atoms. The third-order valence-corrected chi connectivity index (χ3v) is 3.03. The number of ether oxygens (including phenoxy) is 1. The van der Waals surface area contributed by atoms with Crippen LogP contribution in [0.5, 0.6) is 5.75 Å². The highest BCUT2D eigenvalue weighted by Gasteiger charge is 2.26. The summed E-state index contributed by atoms with van der Waals surface area (Å²) in [6.07, 6.45) is 1.48. The first-order valence-electron chi connectivity index (χ1n) is 6.28. The Labute approximate surface area is 111 Å². The molecule has 0 aromatic heterocycles. The number of hydrogen-bond acceptors (Lipinski definition) is 3. The van der Waals surface area contributed by atoms with Crippen molar-refractivity contribution < 1.29 is 19.4 Å². The number of aromatic carboxylic acids is 1. The second-order valence-electron chi connectivity index (χ2n) is 4.82. The minimum Gasteiger partial charge on any atom is -0.481 e. The van der Waals surface area contributed by atoms with E-state index in [1.807, 2.05) is 0 Å². The van der Waals surface area contributed by atoms with Gasteiger partial charge in [0, 0.05) is 6.04 Å². The van der Waals surface area contributed by atoms with Crippen LogP contribution in [0.25, 0.3) is 0 Å². The molecule has 5 heteroatoms. The minimum absolute atomic E-state index is 0.137. The van der Waals surface area contributed by atoms with Gasteiger partial charge in [-0.25, -0.2) is 4.79 Å². The van der Waals surface area contributed by atoms with Crippen LogP contribution in [0.4, 0.5) is 0 Å². The third kappa shape index (κ3) is 3.47. The van der Waals surface area contributed by atoms with E-state index in [9.17, 15) is 9.59 Å². The van der Waals surface area contributed by atoms with Crippen LogP contribution in [0.15, 0.2) is 18.2 Å². The van der Waals surface area contributed by atoms with E-state index < -0.39 is 12.1 Å². The van der Waals surface area contributed by atoms with E-state index in [1.54, 1.807) is 26.0 Å². The van der Waals surface area contributed by atoms with Crippen molar-refractivity contribution in [2.75, 3.05) is 0 Å². The first-order chi connectivity index (χ1) is 8.97. The first-order valence-corrected chi connectivity index (χ1v) is 6.28. The Morgan fingerprint density at radius 3 is 2.63 bits per heavy atom. The van der Waals surface area contributed by atoms with Crippen molar-refractivity contribution in [2.45, 2.75) is 38.8 Å². The Balaban J connectivity index is 1.99. The van der Waals surface area contributed by atoms with Crippen molar-refractivity contribution in [3.63, 3.8) is 0 Å². The third-order valence-electron chi connectivity index (χ3n) is 3.03. The van der Waals surface area contributed by atoms with E-state index in [1.165, 1.54) is 6.07 Å². The topological polar surface area (TPSA) is 75.6 Å². The molecule has 1 amide bonds. The normalized spacial score (nSPS) is 15.7. The van der Waals surface area contributed by atoms with Crippen LogP contribution in [0, 0.1) is 6.92 Å². The number of aryl methyl sites for hydroxylation is 1. The highest BCUT2D eigenvalue weighted by molar-refractivity contribution is 5.89. The fourth-order valence-electron chi connectivity index (χ4n) is 1.75. The number of carbonyl (C=O) groups is 2. The molecule has 0 saturated heterocycles. The van der Waals surface area contributed by atoms with E-state index in [0.29, 0.717) is 17.4 Å². The van der Waals surface area contributed by atoms with Crippen LogP contribution in [-0.4, -0.2) is 29.1 Å². The number of benzene rings is 1. The summed E-state index contributed by atoms with van der Waals surface area (Å²) in [7, 11) is 0. The van der Waals surface area contributed by atoms with Crippen molar-refractivity contribution in [3.05, 3.63) is 29.3 Å². The van der Waals surface area contributed by atoms with Gasteiger partial charge in [0.2, 0.25) is 0 Å². The fourth-order valence-corrected chi connectivity index (χ4v) is 1.75. The fraction of sp³-hybridized carbons (Fsp3) is 0.429. The number of carboxylic acids is 1. The lowest BCUT2D eigenvalue weighted by atomic mass is 10.1. The van der Waals surface area contributed by atoms with Crippen molar-refractivity contribution in [1.29, 1.82) is 0 Å². The van der Waals surface area contributed by atoms with E-state index in [0.717, 1.165) is 12.8 Å². The van der Waals surface area contributed by atoms with Gasteiger partial charge in [-0.2, -0.15) is 0 Å². The molecule has 2 N–H and O–H groups in total. The quantitative estimate of drug-likeness (QED) is 0.848. The Bertz CT molecular complexity index is 508. The molecule has 1 unspecified atom stereocenters. The average molecular weight is 263 g/mol. The van der Waals surface area contributed by atoms with Crippen LogP contribution in [0.2, 0.25) is 0 Å². The van der Waals surface area contributed by atoms with Gasteiger partial charge in [-0.1, -0.05) is 0 Å². The van der Waals surface area contributed by atoms with E-state index in [-0.39, 0.29) is 11.5 Å². The Morgan fingerprint density at radius 2 is 2.11 bits per heavy atom. The molecule has 1 aliphatic rings. The molecule has 0 aliphatic heterocycles. The molecule has 0 bridgehead atoms. The van der Waals surface area contributed by atoms with Crippen LogP contribution in [0.1, 0.15) is 35.7 Å². The minimum atomic E-state index is -0.969. The lowest BCUT2D eigenvalue weighted by Gasteiger charge is -2.15. The zero-order valence-electron chi connectivity index (χ0n) is 11.0. The number of carboxylic acid groups (broad SMARTS) is 1. The lowest BCUT2D eigenvalue weighted by molar-refractivity contribution is -0.127. The number of amides is 1. The molecular weight excluding hydrogens is 246 g/mol. The number of hydrogen-bond donors (Lipinski definition) is 2. The average Bonchev–Trinajstić information content (AvgIpc) is 3.12. The van der Waals surface area contributed by atoms with E-state index >= 15 is 0 Å². The number of nitrogens with one attached hydrogen (secondary N) is 1. The van der Waals surface area contributed by atoms with Crippen LogP contribution < -0.4 is 10.1 Å². The molecule has 1 aliphatic carbocycles. The summed E-state index contributed by atoms with van der Waals surface area (Å²) in [5.74, 6) is -0.605. The summed E-state index contributed by atoms with van der Waals surface area (Å²) < 4.78 is 5.52. The van der Waals surface area contributed by atoms with Crippen LogP contribution in [0.3, 0.4) is 0 Å². The smallest absolute Gasteiger partial charge is 0.335 e. The highest BCUT2D eigenvalue weighted by Crippen LogP contribution is 2.20. The Hall–Kier alpha value is -2.04. The Kier molecular flexibility index (Phi) is 3.74. The number of rotatable bonds is 5. The van der Waals surface area contributed by atoms with Gasteiger partial charge in [-0.05, 0) is 50.5 Å². The zero-order chi connectivity index (χ0) is 14.0. The molecule has 102 valence electrons. The van der Waals surface area contributed by atoms with Crippen molar-refractivity contribution >= 4 is 11.9 Å². The van der Waals surface area contributed by atoms with Gasteiger partial charge in [0.25, 0.3) is 5.91 Å². The SMILES string of the molecule is Cc1cc(OC(C)C(=O)NC2CC2)ccc1C(=O)O. The highest BCUT2D eigenvalue weighted by atomic mass is 16.5. The van der Waals surface area contributed by atoms with Gasteiger partial charge >= 0.3 is 5.97 Å². The van der Waals surface area contributed by atoms with Gasteiger partial charge in [-0.15, -0.1) is 0 Å². The summed E-state index contributed by atoms with van der Waals surface area (Å²) in [6, 6.07) is 4.98. The van der Waals surface area contributed by atoms with Gasteiger partial charge < -0.3 is 15.2 Å². The summed E-state index contributed by atoms with van der Waals surface area (Å²) in [5, 5.41) is 11.8. The second kappa shape index (κ2) is 5.30. The Morgan fingerprint density at radius 1 is 1.42 bits per heavy atom. The number of carbonyl (C=O) groups excluding carboxylic acids is 1. The summed E-state index contributed by atoms with van der Waals surface area (Å²) in [5.41, 5.74) is 0.849. The molecule has 19 heavy (non-hydrogen) atoms. The molecule has 1 saturated carbocycles. The van der Waals surface area contributed by atoms with Crippen LogP contribution in [-0.2, 0) is 4.79 Å². The zero-order valence-corrected chi connectivity index (χ0v) is 11.0. The standard InChI is InChI=1S/C14H17NO4/c1-8-7-11(5-6-12(8)14(17)18)19-9(2)13(16)15-10-3-4-10/h5-7,9-10H,3-4H2,1-2H3,(H,15,16)(H,17,18). The molecular formula is C14H17NO4. The van der Waals surface area contributed by atoms with Crippen molar-refractivity contribution in [3.8, 4) is 5.75 Å². The summed E-state index contributed by atoms with van der Waals surface area (Å²) in [4.78, 5) is 22.6. The molecule has 5 nitrogen and oxygen atoms in total. The van der Waals surface area contributed by atoms with Gasteiger partial charge in [0.15, 0.2) is 6.10 Å². The van der Waals surface area contributed by atoms with Gasteiger partial charge in [0.05, 0.1) is 5.56 Å². The maximum atomic E-state index is 11.7. The molecule has 1 aromatic carbocycles. The second-order valence-corrected chi connectivity index (χ2v) is 4.82. The monoisotopic (exact) mass is 263 g/mol. The first kappa shape index (κ1) is 13.4. The largest absolute Gasteiger partial charge is 0.481 e. The molecule has 1 fully saturated rings.